The lowest BCUT2D eigenvalue weighted by Gasteiger charge is -2.26. The van der Waals surface area contributed by atoms with E-state index < -0.39 is 0 Å². The summed E-state index contributed by atoms with van der Waals surface area (Å²) in [7, 11) is 1.79. The van der Waals surface area contributed by atoms with Crippen LogP contribution in [0.3, 0.4) is 0 Å². The average molecular weight is 192 g/mol. The van der Waals surface area contributed by atoms with E-state index in [0.29, 0.717) is 11.8 Å². The first kappa shape index (κ1) is 11.3. The third-order valence-electron chi connectivity index (χ3n) is 2.91. The number of methoxy groups -OCH3 is 1. The Balaban J connectivity index is 2.82. The quantitative estimate of drug-likeness (QED) is 0.707. The van der Waals surface area contributed by atoms with E-state index in [-0.39, 0.29) is 6.10 Å². The molecule has 0 aliphatic rings. The molecule has 1 heteroatoms. The van der Waals surface area contributed by atoms with E-state index in [1.165, 1.54) is 5.56 Å². The average Bonchev–Trinajstić information content (AvgIpc) is 2.20. The monoisotopic (exact) mass is 192 g/mol. The van der Waals surface area contributed by atoms with Gasteiger partial charge in [0.25, 0.3) is 0 Å². The lowest BCUT2D eigenvalue weighted by atomic mass is 9.88. The summed E-state index contributed by atoms with van der Waals surface area (Å²) >= 11 is 0. The molecule has 0 aliphatic heterocycles. The van der Waals surface area contributed by atoms with E-state index in [2.05, 4.69) is 45.0 Å². The molecule has 1 nitrogen and oxygen atoms in total. The van der Waals surface area contributed by atoms with Gasteiger partial charge < -0.3 is 4.74 Å². The molecule has 1 aromatic rings. The summed E-state index contributed by atoms with van der Waals surface area (Å²) in [4.78, 5) is 0. The highest BCUT2D eigenvalue weighted by Crippen LogP contribution is 2.30. The Labute approximate surface area is 87.1 Å². The fourth-order valence-electron chi connectivity index (χ4n) is 1.65. The molecule has 2 unspecified atom stereocenters. The molecular weight excluding hydrogens is 172 g/mol. The Bertz CT molecular complexity index is 253. The molecular formula is C13H20O. The van der Waals surface area contributed by atoms with E-state index in [0.717, 1.165) is 0 Å². The maximum Gasteiger partial charge on any atom is 0.0849 e. The number of hydrogen-bond donors (Lipinski definition) is 0. The van der Waals surface area contributed by atoms with Crippen LogP contribution in [0.2, 0.25) is 0 Å². The van der Waals surface area contributed by atoms with E-state index in [4.69, 9.17) is 4.74 Å². The molecule has 0 N–H and O–H groups in total. The minimum absolute atomic E-state index is 0.219. The van der Waals surface area contributed by atoms with Crippen molar-refractivity contribution in [2.75, 3.05) is 7.11 Å². The molecule has 0 saturated carbocycles. The number of benzene rings is 1. The molecule has 78 valence electrons. The van der Waals surface area contributed by atoms with Crippen LogP contribution in [0.1, 0.15) is 32.4 Å². The standard InChI is InChI=1S/C13H20O/c1-10(2)11(3)13(14-4)12-8-6-5-7-9-12/h5-11,13H,1-4H3. The molecule has 0 spiro atoms. The zero-order chi connectivity index (χ0) is 10.6. The highest BCUT2D eigenvalue weighted by atomic mass is 16.5. The van der Waals surface area contributed by atoms with Crippen LogP contribution in [0, 0.1) is 11.8 Å². The summed E-state index contributed by atoms with van der Waals surface area (Å²) < 4.78 is 5.56. The van der Waals surface area contributed by atoms with Crippen LogP contribution in [0.15, 0.2) is 30.3 Å². The molecule has 0 fully saturated rings. The highest BCUT2D eigenvalue weighted by Gasteiger charge is 2.20. The zero-order valence-corrected chi connectivity index (χ0v) is 9.53. The second-order valence-corrected chi connectivity index (χ2v) is 4.17. The maximum absolute atomic E-state index is 5.56. The smallest absolute Gasteiger partial charge is 0.0849 e. The van der Waals surface area contributed by atoms with Gasteiger partial charge in [0.05, 0.1) is 6.10 Å². The first-order valence-electron chi connectivity index (χ1n) is 5.24. The van der Waals surface area contributed by atoms with Crippen molar-refractivity contribution in [3.63, 3.8) is 0 Å². The second-order valence-electron chi connectivity index (χ2n) is 4.17. The molecule has 0 amide bonds. The number of rotatable bonds is 4. The van der Waals surface area contributed by atoms with Crippen molar-refractivity contribution in [3.8, 4) is 0 Å². The van der Waals surface area contributed by atoms with Crippen LogP contribution in [0.5, 0.6) is 0 Å². The molecule has 0 aliphatic carbocycles. The Hall–Kier alpha value is -0.820. The van der Waals surface area contributed by atoms with Crippen LogP contribution >= 0.6 is 0 Å². The Kier molecular flexibility index (Phi) is 4.15. The number of ether oxygens (including phenoxy) is 1. The van der Waals surface area contributed by atoms with Crippen molar-refractivity contribution in [1.29, 1.82) is 0 Å². The van der Waals surface area contributed by atoms with Gasteiger partial charge in [0, 0.05) is 7.11 Å². The fraction of sp³-hybridized carbons (Fsp3) is 0.538. The van der Waals surface area contributed by atoms with E-state index in [1.54, 1.807) is 7.11 Å². The molecule has 1 aromatic carbocycles. The van der Waals surface area contributed by atoms with Gasteiger partial charge in [0.2, 0.25) is 0 Å². The topological polar surface area (TPSA) is 9.23 Å². The normalized spacial score (nSPS) is 15.5. The summed E-state index contributed by atoms with van der Waals surface area (Å²) in [5.74, 6) is 1.18. The van der Waals surface area contributed by atoms with Crippen molar-refractivity contribution < 1.29 is 4.74 Å². The van der Waals surface area contributed by atoms with Gasteiger partial charge in [-0.25, -0.2) is 0 Å². The molecule has 0 saturated heterocycles. The molecule has 0 bridgehead atoms. The first-order chi connectivity index (χ1) is 6.66. The van der Waals surface area contributed by atoms with Gasteiger partial charge in [0.1, 0.15) is 0 Å². The van der Waals surface area contributed by atoms with Gasteiger partial charge >= 0.3 is 0 Å². The lowest BCUT2D eigenvalue weighted by Crippen LogP contribution is -2.16. The fourth-order valence-corrected chi connectivity index (χ4v) is 1.65. The minimum atomic E-state index is 0.219. The molecule has 0 radical (unpaired) electrons. The van der Waals surface area contributed by atoms with E-state index in [9.17, 15) is 0 Å². The predicted octanol–water partition coefficient (Wildman–Crippen LogP) is 3.67. The van der Waals surface area contributed by atoms with Gasteiger partial charge in [-0.2, -0.15) is 0 Å². The van der Waals surface area contributed by atoms with E-state index >= 15 is 0 Å². The molecule has 2 atom stereocenters. The summed E-state index contributed by atoms with van der Waals surface area (Å²) in [5.41, 5.74) is 1.27. The Morgan fingerprint density at radius 2 is 1.57 bits per heavy atom. The lowest BCUT2D eigenvalue weighted by molar-refractivity contribution is 0.0400. The van der Waals surface area contributed by atoms with Crippen LogP contribution in [0.25, 0.3) is 0 Å². The van der Waals surface area contributed by atoms with Gasteiger partial charge in [-0.15, -0.1) is 0 Å². The number of hydrogen-bond acceptors (Lipinski definition) is 1. The van der Waals surface area contributed by atoms with Crippen LogP contribution in [-0.4, -0.2) is 7.11 Å². The third kappa shape index (κ3) is 2.58. The molecule has 0 heterocycles. The SMILES string of the molecule is COC(c1ccccc1)C(C)C(C)C. The maximum atomic E-state index is 5.56. The second kappa shape index (κ2) is 5.16. The highest BCUT2D eigenvalue weighted by molar-refractivity contribution is 5.18. The van der Waals surface area contributed by atoms with Crippen molar-refractivity contribution in [2.45, 2.75) is 26.9 Å². The zero-order valence-electron chi connectivity index (χ0n) is 9.53. The summed E-state index contributed by atoms with van der Waals surface area (Å²) in [6.45, 7) is 6.71. The van der Waals surface area contributed by atoms with E-state index in [1.807, 2.05) is 6.07 Å². The summed E-state index contributed by atoms with van der Waals surface area (Å²) in [5, 5.41) is 0. The van der Waals surface area contributed by atoms with Crippen molar-refractivity contribution in [1.82, 2.24) is 0 Å². The predicted molar refractivity (Wildman–Crippen MR) is 60.2 cm³/mol. The first-order valence-corrected chi connectivity index (χ1v) is 5.24. The van der Waals surface area contributed by atoms with Crippen molar-refractivity contribution in [3.05, 3.63) is 35.9 Å². The summed E-state index contributed by atoms with van der Waals surface area (Å²) in [6.07, 6.45) is 0.219. The van der Waals surface area contributed by atoms with Crippen LogP contribution < -0.4 is 0 Å². The van der Waals surface area contributed by atoms with Crippen LogP contribution in [-0.2, 0) is 4.74 Å². The van der Waals surface area contributed by atoms with Gasteiger partial charge in [-0.05, 0) is 17.4 Å². The van der Waals surface area contributed by atoms with Gasteiger partial charge in [-0.1, -0.05) is 51.1 Å². The van der Waals surface area contributed by atoms with Crippen molar-refractivity contribution in [2.24, 2.45) is 11.8 Å². The minimum Gasteiger partial charge on any atom is -0.376 e. The van der Waals surface area contributed by atoms with Crippen molar-refractivity contribution >= 4 is 0 Å². The van der Waals surface area contributed by atoms with Gasteiger partial charge in [-0.3, -0.25) is 0 Å². The Morgan fingerprint density at radius 1 is 1.00 bits per heavy atom. The molecule has 14 heavy (non-hydrogen) atoms. The molecule has 1 rings (SSSR count). The largest absolute Gasteiger partial charge is 0.376 e. The third-order valence-corrected chi connectivity index (χ3v) is 2.91. The summed E-state index contributed by atoms with van der Waals surface area (Å²) in [6, 6.07) is 10.4. The Morgan fingerprint density at radius 3 is 2.00 bits per heavy atom. The van der Waals surface area contributed by atoms with Crippen LogP contribution in [0.4, 0.5) is 0 Å². The van der Waals surface area contributed by atoms with Gasteiger partial charge in [0.15, 0.2) is 0 Å². The molecule has 0 aromatic heterocycles.